The van der Waals surface area contributed by atoms with Crippen LogP contribution in [0.15, 0.2) is 29.2 Å². The molecule has 21 heavy (non-hydrogen) atoms. The van der Waals surface area contributed by atoms with Gasteiger partial charge < -0.3 is 0 Å². The molecule has 0 spiro atoms. The summed E-state index contributed by atoms with van der Waals surface area (Å²) < 4.78 is 31.2. The van der Waals surface area contributed by atoms with Crippen molar-refractivity contribution < 1.29 is 13.0 Å². The molecule has 0 saturated heterocycles. The average Bonchev–Trinajstić information content (AvgIpc) is 2.45. The Morgan fingerprint density at radius 3 is 1.76 bits per heavy atom. The minimum absolute atomic E-state index is 0.0212. The van der Waals surface area contributed by atoms with Crippen LogP contribution in [-0.4, -0.2) is 13.0 Å². The van der Waals surface area contributed by atoms with Gasteiger partial charge in [0.25, 0.3) is 10.1 Å². The van der Waals surface area contributed by atoms with Crippen LogP contribution < -0.4 is 0 Å². The topological polar surface area (TPSA) is 54.4 Å². The SMILES string of the molecule is CCCCCC(CCCCC)c1ccc(S(=O)(=O)O)cc1. The summed E-state index contributed by atoms with van der Waals surface area (Å²) >= 11 is 0. The molecular formula is C17H28O3S. The van der Waals surface area contributed by atoms with Crippen molar-refractivity contribution in [3.05, 3.63) is 29.8 Å². The van der Waals surface area contributed by atoms with E-state index in [1.807, 2.05) is 12.1 Å². The second-order valence-corrected chi connectivity index (χ2v) is 7.15. The fourth-order valence-electron chi connectivity index (χ4n) is 2.67. The molecule has 1 aromatic carbocycles. The highest BCUT2D eigenvalue weighted by atomic mass is 32.2. The van der Waals surface area contributed by atoms with Crippen LogP contribution >= 0.6 is 0 Å². The Balaban J connectivity index is 2.76. The first-order chi connectivity index (χ1) is 9.99. The highest BCUT2D eigenvalue weighted by Gasteiger charge is 2.14. The summed E-state index contributed by atoms with van der Waals surface area (Å²) in [5, 5.41) is 0. The lowest BCUT2D eigenvalue weighted by molar-refractivity contribution is 0.482. The summed E-state index contributed by atoms with van der Waals surface area (Å²) in [6.45, 7) is 4.40. The number of hydrogen-bond acceptors (Lipinski definition) is 2. The summed E-state index contributed by atoms with van der Waals surface area (Å²) in [5.74, 6) is 0.499. The van der Waals surface area contributed by atoms with E-state index in [0.717, 1.165) is 12.8 Å². The molecule has 0 heterocycles. The van der Waals surface area contributed by atoms with E-state index in [2.05, 4.69) is 13.8 Å². The third-order valence-corrected chi connectivity index (χ3v) is 4.83. The predicted molar refractivity (Wildman–Crippen MR) is 87.3 cm³/mol. The summed E-state index contributed by atoms with van der Waals surface area (Å²) in [4.78, 5) is -0.0212. The van der Waals surface area contributed by atoms with E-state index >= 15 is 0 Å². The van der Waals surface area contributed by atoms with Gasteiger partial charge in [0.2, 0.25) is 0 Å². The zero-order valence-corrected chi connectivity index (χ0v) is 14.0. The molecule has 0 aliphatic heterocycles. The van der Waals surface area contributed by atoms with Crippen molar-refractivity contribution in [1.82, 2.24) is 0 Å². The second kappa shape index (κ2) is 9.21. The molecule has 1 aromatic rings. The molecule has 0 amide bonds. The molecule has 0 radical (unpaired) electrons. The molecule has 0 aliphatic carbocycles. The lowest BCUT2D eigenvalue weighted by Gasteiger charge is -2.17. The molecule has 0 aliphatic rings. The van der Waals surface area contributed by atoms with E-state index in [0.29, 0.717) is 5.92 Å². The monoisotopic (exact) mass is 312 g/mol. The van der Waals surface area contributed by atoms with Crippen molar-refractivity contribution in [2.45, 2.75) is 76.0 Å². The van der Waals surface area contributed by atoms with Gasteiger partial charge in [0, 0.05) is 0 Å². The maximum Gasteiger partial charge on any atom is 0.294 e. The fraction of sp³-hybridized carbons (Fsp3) is 0.647. The van der Waals surface area contributed by atoms with E-state index in [1.165, 1.54) is 56.2 Å². The molecule has 0 saturated carbocycles. The molecule has 0 atom stereocenters. The van der Waals surface area contributed by atoms with Gasteiger partial charge in [0.1, 0.15) is 0 Å². The Hall–Kier alpha value is -0.870. The van der Waals surface area contributed by atoms with Crippen LogP contribution in [0.1, 0.15) is 76.7 Å². The van der Waals surface area contributed by atoms with Gasteiger partial charge in [-0.25, -0.2) is 0 Å². The van der Waals surface area contributed by atoms with Crippen molar-refractivity contribution in [2.24, 2.45) is 0 Å². The van der Waals surface area contributed by atoms with Crippen molar-refractivity contribution in [2.75, 3.05) is 0 Å². The third-order valence-electron chi connectivity index (χ3n) is 3.96. The lowest BCUT2D eigenvalue weighted by atomic mass is 9.88. The lowest BCUT2D eigenvalue weighted by Crippen LogP contribution is -2.02. The van der Waals surface area contributed by atoms with Crippen LogP contribution in [0, 0.1) is 0 Å². The Labute approximate surface area is 129 Å². The number of unbranched alkanes of at least 4 members (excludes halogenated alkanes) is 4. The van der Waals surface area contributed by atoms with Gasteiger partial charge in [-0.2, -0.15) is 8.42 Å². The maximum absolute atomic E-state index is 11.1. The van der Waals surface area contributed by atoms with Crippen molar-refractivity contribution in [3.8, 4) is 0 Å². The first-order valence-corrected chi connectivity index (χ1v) is 9.50. The van der Waals surface area contributed by atoms with E-state index in [4.69, 9.17) is 4.55 Å². The Morgan fingerprint density at radius 2 is 1.38 bits per heavy atom. The Bertz CT molecular complexity index is 481. The predicted octanol–water partition coefficient (Wildman–Crippen LogP) is 5.18. The van der Waals surface area contributed by atoms with E-state index in [9.17, 15) is 8.42 Å². The number of rotatable bonds is 10. The smallest absolute Gasteiger partial charge is 0.282 e. The van der Waals surface area contributed by atoms with Crippen LogP contribution in [0.4, 0.5) is 0 Å². The largest absolute Gasteiger partial charge is 0.294 e. The maximum atomic E-state index is 11.1. The van der Waals surface area contributed by atoms with Crippen LogP contribution in [0.25, 0.3) is 0 Å². The number of hydrogen-bond donors (Lipinski definition) is 1. The van der Waals surface area contributed by atoms with Gasteiger partial charge in [-0.3, -0.25) is 4.55 Å². The Morgan fingerprint density at radius 1 is 0.905 bits per heavy atom. The van der Waals surface area contributed by atoms with E-state index < -0.39 is 10.1 Å². The van der Waals surface area contributed by atoms with Crippen molar-refractivity contribution in [3.63, 3.8) is 0 Å². The van der Waals surface area contributed by atoms with Gasteiger partial charge in [-0.05, 0) is 36.5 Å². The number of benzene rings is 1. The Kier molecular flexibility index (Phi) is 7.97. The molecule has 120 valence electrons. The summed E-state index contributed by atoms with van der Waals surface area (Å²) in [5.41, 5.74) is 1.19. The zero-order valence-electron chi connectivity index (χ0n) is 13.2. The fourth-order valence-corrected chi connectivity index (χ4v) is 3.15. The molecule has 0 aromatic heterocycles. The normalized spacial score (nSPS) is 12.0. The molecule has 4 heteroatoms. The highest BCUT2D eigenvalue weighted by Crippen LogP contribution is 2.29. The van der Waals surface area contributed by atoms with Crippen LogP contribution in [-0.2, 0) is 10.1 Å². The second-order valence-electron chi connectivity index (χ2n) is 5.73. The quantitative estimate of drug-likeness (QED) is 0.478. The molecular weight excluding hydrogens is 284 g/mol. The molecule has 1 rings (SSSR count). The standard InChI is InChI=1S/C17H28O3S/c1-3-5-7-9-15(10-8-6-4-2)16-11-13-17(14-12-16)21(18,19)20/h11-15H,3-10H2,1-2H3,(H,18,19,20). The van der Waals surface area contributed by atoms with Crippen LogP contribution in [0.3, 0.4) is 0 Å². The third kappa shape index (κ3) is 6.62. The molecule has 0 unspecified atom stereocenters. The highest BCUT2D eigenvalue weighted by molar-refractivity contribution is 7.85. The van der Waals surface area contributed by atoms with Crippen molar-refractivity contribution >= 4 is 10.1 Å². The first-order valence-electron chi connectivity index (χ1n) is 8.06. The van der Waals surface area contributed by atoms with Crippen molar-refractivity contribution in [1.29, 1.82) is 0 Å². The molecule has 3 nitrogen and oxygen atoms in total. The summed E-state index contributed by atoms with van der Waals surface area (Å²) in [6, 6.07) is 6.73. The molecule has 0 fully saturated rings. The van der Waals surface area contributed by atoms with E-state index in [1.54, 1.807) is 0 Å². The zero-order chi connectivity index (χ0) is 15.7. The minimum atomic E-state index is -4.09. The summed E-state index contributed by atoms with van der Waals surface area (Å²) in [6.07, 6.45) is 9.65. The van der Waals surface area contributed by atoms with Gasteiger partial charge in [-0.1, -0.05) is 64.5 Å². The van der Waals surface area contributed by atoms with Gasteiger partial charge >= 0.3 is 0 Å². The van der Waals surface area contributed by atoms with Crippen LogP contribution in [0.5, 0.6) is 0 Å². The minimum Gasteiger partial charge on any atom is -0.282 e. The molecule has 0 bridgehead atoms. The van der Waals surface area contributed by atoms with Gasteiger partial charge in [0.15, 0.2) is 0 Å². The van der Waals surface area contributed by atoms with Gasteiger partial charge in [0.05, 0.1) is 4.90 Å². The van der Waals surface area contributed by atoms with Gasteiger partial charge in [-0.15, -0.1) is 0 Å². The van der Waals surface area contributed by atoms with E-state index in [-0.39, 0.29) is 4.90 Å². The molecule has 1 N–H and O–H groups in total. The first kappa shape index (κ1) is 18.2. The average molecular weight is 312 g/mol. The van der Waals surface area contributed by atoms with Crippen LogP contribution in [0.2, 0.25) is 0 Å². The summed E-state index contributed by atoms with van der Waals surface area (Å²) in [7, 11) is -4.09.